The van der Waals surface area contributed by atoms with E-state index in [0.29, 0.717) is 49.1 Å². The van der Waals surface area contributed by atoms with Gasteiger partial charge >= 0.3 is 0 Å². The van der Waals surface area contributed by atoms with E-state index < -0.39 is 6.10 Å². The number of benzene rings is 1. The topological polar surface area (TPSA) is 85.9 Å². The maximum absolute atomic E-state index is 12.3. The van der Waals surface area contributed by atoms with Gasteiger partial charge in [-0.15, -0.1) is 0 Å². The van der Waals surface area contributed by atoms with Crippen molar-refractivity contribution in [3.63, 3.8) is 0 Å². The molecule has 24 heavy (non-hydrogen) atoms. The van der Waals surface area contributed by atoms with Crippen molar-refractivity contribution in [3.8, 4) is 11.5 Å². The van der Waals surface area contributed by atoms with Crippen molar-refractivity contribution in [3.05, 3.63) is 12.1 Å². The fourth-order valence-electron chi connectivity index (χ4n) is 2.49. The highest BCUT2D eigenvalue weighted by Crippen LogP contribution is 2.37. The Morgan fingerprint density at radius 2 is 1.71 bits per heavy atom. The molecule has 7 heteroatoms. The van der Waals surface area contributed by atoms with Crippen molar-refractivity contribution in [2.75, 3.05) is 30.5 Å². The summed E-state index contributed by atoms with van der Waals surface area (Å²) in [4.78, 5) is 23.7. The molecule has 2 N–H and O–H groups in total. The molecule has 0 aliphatic carbocycles. The molecule has 0 unspecified atom stereocenters. The number of ether oxygens (including phenoxy) is 3. The lowest BCUT2D eigenvalue weighted by Gasteiger charge is -2.18. The van der Waals surface area contributed by atoms with Gasteiger partial charge in [0.1, 0.15) is 17.6 Å². The van der Waals surface area contributed by atoms with E-state index in [4.69, 9.17) is 14.2 Å². The van der Waals surface area contributed by atoms with Gasteiger partial charge in [0.05, 0.1) is 24.6 Å². The average Bonchev–Trinajstić information content (AvgIpc) is 3.05. The van der Waals surface area contributed by atoms with Crippen molar-refractivity contribution in [2.45, 2.75) is 39.7 Å². The summed E-state index contributed by atoms with van der Waals surface area (Å²) >= 11 is 0. The third-order valence-electron chi connectivity index (χ3n) is 3.47. The van der Waals surface area contributed by atoms with Crippen molar-refractivity contribution in [1.29, 1.82) is 0 Å². The van der Waals surface area contributed by atoms with Crippen molar-refractivity contribution < 1.29 is 23.8 Å². The first-order chi connectivity index (χ1) is 11.5. The van der Waals surface area contributed by atoms with E-state index in [0.717, 1.165) is 6.42 Å². The molecule has 1 fully saturated rings. The van der Waals surface area contributed by atoms with Crippen LogP contribution in [-0.2, 0) is 14.3 Å². The summed E-state index contributed by atoms with van der Waals surface area (Å²) in [6, 6.07) is 3.31. The molecule has 1 aromatic rings. The Hall–Kier alpha value is -2.28. The van der Waals surface area contributed by atoms with Crippen LogP contribution in [0.15, 0.2) is 12.1 Å². The fraction of sp³-hybridized carbons (Fsp3) is 0.529. The second kappa shape index (κ2) is 8.54. The minimum absolute atomic E-state index is 0.205. The van der Waals surface area contributed by atoms with Gasteiger partial charge in [-0.2, -0.15) is 0 Å². The van der Waals surface area contributed by atoms with Crippen molar-refractivity contribution in [1.82, 2.24) is 0 Å². The molecule has 2 rings (SSSR count). The number of amides is 2. The summed E-state index contributed by atoms with van der Waals surface area (Å²) in [7, 11) is 0. The zero-order valence-electron chi connectivity index (χ0n) is 14.3. The van der Waals surface area contributed by atoms with Crippen molar-refractivity contribution >= 4 is 23.2 Å². The van der Waals surface area contributed by atoms with E-state index in [9.17, 15) is 9.59 Å². The highest BCUT2D eigenvalue weighted by atomic mass is 16.5. The smallest absolute Gasteiger partial charge is 0.253 e. The molecule has 0 saturated carbocycles. The molecule has 2 amide bonds. The Morgan fingerprint density at radius 1 is 1.12 bits per heavy atom. The van der Waals surface area contributed by atoms with Gasteiger partial charge in [-0.1, -0.05) is 0 Å². The van der Waals surface area contributed by atoms with Crippen LogP contribution in [0.2, 0.25) is 0 Å². The number of carbonyl (C=O) groups excluding carboxylic acids is 2. The van der Waals surface area contributed by atoms with Gasteiger partial charge in [0, 0.05) is 25.7 Å². The van der Waals surface area contributed by atoms with Gasteiger partial charge in [-0.05, 0) is 26.7 Å². The molecule has 1 aliphatic rings. The number of carbonyl (C=O) groups is 2. The van der Waals surface area contributed by atoms with E-state index in [1.165, 1.54) is 6.92 Å². The van der Waals surface area contributed by atoms with Crippen LogP contribution >= 0.6 is 0 Å². The standard InChI is InChI=1S/C17H24N2O5/c1-4-22-15-10-13(19-17(21)14-7-6-8-24-14)16(23-5-2)9-12(15)18-11(3)20/h9-10,14H,4-8H2,1-3H3,(H,18,20)(H,19,21)/t14-/m1/s1. The van der Waals surface area contributed by atoms with Crippen LogP contribution in [0.1, 0.15) is 33.6 Å². The maximum Gasteiger partial charge on any atom is 0.253 e. The molecule has 132 valence electrons. The van der Waals surface area contributed by atoms with E-state index in [2.05, 4.69) is 10.6 Å². The summed E-state index contributed by atoms with van der Waals surface area (Å²) < 4.78 is 16.6. The van der Waals surface area contributed by atoms with E-state index in [1.807, 2.05) is 13.8 Å². The zero-order chi connectivity index (χ0) is 17.5. The zero-order valence-corrected chi connectivity index (χ0v) is 14.3. The molecule has 0 spiro atoms. The molecule has 1 saturated heterocycles. The Labute approximate surface area is 141 Å². The lowest BCUT2D eigenvalue weighted by atomic mass is 10.2. The summed E-state index contributed by atoms with van der Waals surface area (Å²) in [6.07, 6.45) is 1.14. The quantitative estimate of drug-likeness (QED) is 0.799. The van der Waals surface area contributed by atoms with E-state index in [-0.39, 0.29) is 11.8 Å². The molecule has 1 atom stereocenters. The number of hydrogen-bond acceptors (Lipinski definition) is 5. The van der Waals surface area contributed by atoms with Gasteiger partial charge in [0.2, 0.25) is 5.91 Å². The molecule has 1 heterocycles. The summed E-state index contributed by atoms with van der Waals surface area (Å²) in [5, 5.41) is 5.55. The lowest BCUT2D eigenvalue weighted by Crippen LogP contribution is -2.27. The molecular weight excluding hydrogens is 312 g/mol. The van der Waals surface area contributed by atoms with Crippen LogP contribution in [0.25, 0.3) is 0 Å². The molecule has 0 aromatic heterocycles. The molecule has 7 nitrogen and oxygen atoms in total. The summed E-state index contributed by atoms with van der Waals surface area (Å²) in [6.45, 7) is 6.57. The number of nitrogens with one attached hydrogen (secondary N) is 2. The second-order valence-corrected chi connectivity index (χ2v) is 5.38. The summed E-state index contributed by atoms with van der Waals surface area (Å²) in [5.74, 6) is 0.521. The predicted octanol–water partition coefficient (Wildman–Crippen LogP) is 2.56. The second-order valence-electron chi connectivity index (χ2n) is 5.38. The minimum atomic E-state index is -0.440. The highest BCUT2D eigenvalue weighted by Gasteiger charge is 2.25. The Kier molecular flexibility index (Phi) is 6.43. The highest BCUT2D eigenvalue weighted by molar-refractivity contribution is 5.97. The first kappa shape index (κ1) is 18.1. The molecule has 0 radical (unpaired) electrons. The van der Waals surface area contributed by atoms with Crippen LogP contribution < -0.4 is 20.1 Å². The Bertz CT molecular complexity index is 597. The first-order valence-corrected chi connectivity index (χ1v) is 8.18. The van der Waals surface area contributed by atoms with Crippen molar-refractivity contribution in [2.24, 2.45) is 0 Å². The monoisotopic (exact) mass is 336 g/mol. The van der Waals surface area contributed by atoms with Crippen LogP contribution in [0, 0.1) is 0 Å². The van der Waals surface area contributed by atoms with Crippen LogP contribution in [0.5, 0.6) is 11.5 Å². The molecule has 0 bridgehead atoms. The van der Waals surface area contributed by atoms with E-state index in [1.54, 1.807) is 12.1 Å². The van der Waals surface area contributed by atoms with Gasteiger partial charge < -0.3 is 24.8 Å². The molecular formula is C17H24N2O5. The van der Waals surface area contributed by atoms with Gasteiger partial charge in [0.15, 0.2) is 0 Å². The largest absolute Gasteiger partial charge is 0.492 e. The average molecular weight is 336 g/mol. The van der Waals surface area contributed by atoms with Crippen LogP contribution in [0.3, 0.4) is 0 Å². The normalized spacial score (nSPS) is 16.5. The van der Waals surface area contributed by atoms with Gasteiger partial charge in [-0.3, -0.25) is 9.59 Å². The number of rotatable bonds is 7. The Balaban J connectivity index is 2.30. The minimum Gasteiger partial charge on any atom is -0.492 e. The third-order valence-corrected chi connectivity index (χ3v) is 3.47. The van der Waals surface area contributed by atoms with Gasteiger partial charge in [-0.25, -0.2) is 0 Å². The van der Waals surface area contributed by atoms with Gasteiger partial charge in [0.25, 0.3) is 5.91 Å². The fourth-order valence-corrected chi connectivity index (χ4v) is 2.49. The SMILES string of the molecule is CCOc1cc(NC(=O)[C@H]2CCCO2)c(OCC)cc1NC(C)=O. The number of anilines is 2. The maximum atomic E-state index is 12.3. The molecule has 1 aromatic carbocycles. The van der Waals surface area contributed by atoms with E-state index >= 15 is 0 Å². The predicted molar refractivity (Wildman–Crippen MR) is 90.7 cm³/mol. The Morgan fingerprint density at radius 3 is 2.17 bits per heavy atom. The number of hydrogen-bond donors (Lipinski definition) is 2. The van der Waals surface area contributed by atoms with Crippen LogP contribution in [0.4, 0.5) is 11.4 Å². The summed E-state index contributed by atoms with van der Waals surface area (Å²) in [5.41, 5.74) is 0.998. The van der Waals surface area contributed by atoms with Crippen LogP contribution in [-0.4, -0.2) is 37.7 Å². The third kappa shape index (κ3) is 4.61. The first-order valence-electron chi connectivity index (χ1n) is 8.18. The lowest BCUT2D eigenvalue weighted by molar-refractivity contribution is -0.124. The molecule has 1 aliphatic heterocycles.